The van der Waals surface area contributed by atoms with E-state index in [2.05, 4.69) is 73.7 Å². The molecule has 0 spiro atoms. The summed E-state index contributed by atoms with van der Waals surface area (Å²) < 4.78 is 0. The van der Waals surface area contributed by atoms with Gasteiger partial charge >= 0.3 is 18.9 Å². The predicted molar refractivity (Wildman–Crippen MR) is 85.6 cm³/mol. The fourth-order valence-electron chi connectivity index (χ4n) is 4.15. The molecule has 0 saturated carbocycles. The van der Waals surface area contributed by atoms with E-state index < -0.39 is 0 Å². The summed E-state index contributed by atoms with van der Waals surface area (Å²) in [5, 5.41) is 0. The second kappa shape index (κ2) is 4.82. The van der Waals surface area contributed by atoms with Gasteiger partial charge in [-0.2, -0.15) is 0 Å². The number of aryl methyl sites for hydroxylation is 1. The van der Waals surface area contributed by atoms with Crippen molar-refractivity contribution in [1.29, 1.82) is 0 Å². The molecule has 2 bridgehead atoms. The van der Waals surface area contributed by atoms with Crippen LogP contribution in [0, 0.1) is 12.8 Å². The Kier molecular flexibility index (Phi) is 3.01. The number of rotatable bonds is 0. The van der Waals surface area contributed by atoms with Crippen LogP contribution in [0.1, 0.15) is 44.9 Å². The van der Waals surface area contributed by atoms with Crippen molar-refractivity contribution < 1.29 is 18.9 Å². The van der Waals surface area contributed by atoms with Gasteiger partial charge in [-0.25, -0.2) is 0 Å². The molecule has 0 unspecified atom stereocenters. The van der Waals surface area contributed by atoms with Crippen molar-refractivity contribution in [3.63, 3.8) is 0 Å². The maximum absolute atomic E-state index is 2.30. The van der Waals surface area contributed by atoms with Crippen molar-refractivity contribution in [2.45, 2.75) is 12.8 Å². The van der Waals surface area contributed by atoms with Crippen LogP contribution < -0.4 is 18.9 Å². The quantitative estimate of drug-likeness (QED) is 0.298. The van der Waals surface area contributed by atoms with Gasteiger partial charge in [-0.15, -0.1) is 0 Å². The molecule has 1 heteroatoms. The molecule has 22 heavy (non-hydrogen) atoms. The molecule has 100 valence electrons. The number of hydrogen-bond acceptors (Lipinski definition) is 0. The van der Waals surface area contributed by atoms with Gasteiger partial charge in [0.1, 0.15) is 0 Å². The SMILES string of the molecule is Cc1cccc2c1C1c3ccccc3[C-]2c2ccccc21.[Li+]. The molecular formula is C21H15Li. The van der Waals surface area contributed by atoms with Gasteiger partial charge in [-0.1, -0.05) is 112 Å². The fraction of sp³-hybridized carbons (Fsp3) is 0.0952. The van der Waals surface area contributed by atoms with Crippen LogP contribution in [0.2, 0.25) is 0 Å². The zero-order chi connectivity index (χ0) is 14.0. The first-order valence-electron chi connectivity index (χ1n) is 7.51. The Labute approximate surface area is 143 Å². The normalized spacial score (nSPS) is 14.0. The first kappa shape index (κ1) is 13.8. The van der Waals surface area contributed by atoms with Crippen molar-refractivity contribution in [3.05, 3.63) is 112 Å². The Morgan fingerprint density at radius 1 is 0.682 bits per heavy atom. The third-order valence-electron chi connectivity index (χ3n) is 4.96. The third kappa shape index (κ3) is 1.57. The van der Waals surface area contributed by atoms with Gasteiger partial charge in [0.25, 0.3) is 0 Å². The number of hydrogen-bond donors (Lipinski definition) is 0. The minimum Gasteiger partial charge on any atom is -0.0996 e. The smallest absolute Gasteiger partial charge is 0.0996 e. The van der Waals surface area contributed by atoms with E-state index in [4.69, 9.17) is 0 Å². The third-order valence-corrected chi connectivity index (χ3v) is 4.96. The first-order chi connectivity index (χ1) is 10.4. The maximum atomic E-state index is 2.30. The number of benzene rings is 3. The summed E-state index contributed by atoms with van der Waals surface area (Å²) in [4.78, 5) is 0. The monoisotopic (exact) mass is 274 g/mol. The molecule has 3 aromatic carbocycles. The average Bonchev–Trinajstić information content (AvgIpc) is 2.55. The van der Waals surface area contributed by atoms with E-state index in [0.717, 1.165) is 0 Å². The zero-order valence-electron chi connectivity index (χ0n) is 12.9. The van der Waals surface area contributed by atoms with E-state index in [1.165, 1.54) is 44.9 Å². The molecule has 6 rings (SSSR count). The molecule has 3 aromatic rings. The topological polar surface area (TPSA) is 0 Å². The Morgan fingerprint density at radius 2 is 1.23 bits per heavy atom. The molecule has 0 aromatic heterocycles. The Bertz CT molecular complexity index is 831. The minimum absolute atomic E-state index is 0. The molecule has 3 aliphatic rings. The maximum Gasteiger partial charge on any atom is 1.00 e. The van der Waals surface area contributed by atoms with E-state index in [1.54, 1.807) is 0 Å². The summed E-state index contributed by atoms with van der Waals surface area (Å²) in [6.45, 7) is 2.24. The molecular weight excluding hydrogens is 259 g/mol. The van der Waals surface area contributed by atoms with Gasteiger partial charge in [0, 0.05) is 0 Å². The summed E-state index contributed by atoms with van der Waals surface area (Å²) in [5.41, 5.74) is 10.1. The Balaban J connectivity index is 0.00000125. The molecule has 0 amide bonds. The van der Waals surface area contributed by atoms with Crippen molar-refractivity contribution >= 4 is 0 Å². The zero-order valence-corrected chi connectivity index (χ0v) is 12.9. The van der Waals surface area contributed by atoms with Crippen LogP contribution in [0.25, 0.3) is 0 Å². The molecule has 0 N–H and O–H groups in total. The molecule has 0 heterocycles. The molecule has 0 radical (unpaired) electrons. The summed E-state index contributed by atoms with van der Waals surface area (Å²) >= 11 is 0. The summed E-state index contributed by atoms with van der Waals surface area (Å²) in [7, 11) is 0. The Morgan fingerprint density at radius 3 is 1.86 bits per heavy atom. The van der Waals surface area contributed by atoms with E-state index in [1.807, 2.05) is 0 Å². The van der Waals surface area contributed by atoms with E-state index in [9.17, 15) is 0 Å². The van der Waals surface area contributed by atoms with Gasteiger partial charge in [-0.3, -0.25) is 0 Å². The molecule has 0 saturated heterocycles. The van der Waals surface area contributed by atoms with Crippen LogP contribution in [0.3, 0.4) is 0 Å². The van der Waals surface area contributed by atoms with Gasteiger partial charge in [0.15, 0.2) is 0 Å². The second-order valence-electron chi connectivity index (χ2n) is 6.02. The fourth-order valence-corrected chi connectivity index (χ4v) is 4.15. The van der Waals surface area contributed by atoms with Gasteiger partial charge in [-0.05, 0) is 12.8 Å². The van der Waals surface area contributed by atoms with Gasteiger partial charge in [0.2, 0.25) is 0 Å². The molecule has 0 nitrogen and oxygen atoms in total. The first-order valence-corrected chi connectivity index (χ1v) is 7.51. The standard InChI is InChI=1S/C21H15.Li/c1-13-7-6-12-18-19(13)21-16-10-4-2-8-14(16)20(18)15-9-3-5-11-17(15)21;/h2-12,21H,1H3;/q-1;+1. The molecule has 0 aliphatic heterocycles. The largest absolute Gasteiger partial charge is 1.00 e. The van der Waals surface area contributed by atoms with Gasteiger partial charge in [0.05, 0.1) is 0 Å². The average molecular weight is 274 g/mol. The van der Waals surface area contributed by atoms with Crippen molar-refractivity contribution in [2.75, 3.05) is 0 Å². The Hall–Kier alpha value is -1.87. The van der Waals surface area contributed by atoms with Crippen LogP contribution >= 0.6 is 0 Å². The molecule has 3 aliphatic carbocycles. The minimum atomic E-state index is 0. The van der Waals surface area contributed by atoms with Crippen LogP contribution in [-0.4, -0.2) is 0 Å². The van der Waals surface area contributed by atoms with E-state index >= 15 is 0 Å². The van der Waals surface area contributed by atoms with Crippen molar-refractivity contribution in [2.24, 2.45) is 0 Å². The van der Waals surface area contributed by atoms with E-state index in [0.29, 0.717) is 5.92 Å². The van der Waals surface area contributed by atoms with Crippen LogP contribution in [0.5, 0.6) is 0 Å². The van der Waals surface area contributed by atoms with Crippen molar-refractivity contribution in [3.8, 4) is 0 Å². The summed E-state index contributed by atoms with van der Waals surface area (Å²) in [5.74, 6) is 1.81. The van der Waals surface area contributed by atoms with E-state index in [-0.39, 0.29) is 18.9 Å². The van der Waals surface area contributed by atoms with Crippen LogP contribution in [0.4, 0.5) is 0 Å². The molecule has 0 atom stereocenters. The summed E-state index contributed by atoms with van der Waals surface area (Å²) in [6, 6.07) is 24.5. The summed E-state index contributed by atoms with van der Waals surface area (Å²) in [6.07, 6.45) is 0. The predicted octanol–water partition coefficient (Wildman–Crippen LogP) is 1.83. The van der Waals surface area contributed by atoms with Crippen LogP contribution in [-0.2, 0) is 0 Å². The molecule has 0 fully saturated rings. The second-order valence-corrected chi connectivity index (χ2v) is 6.02. The van der Waals surface area contributed by atoms with Gasteiger partial charge < -0.3 is 0 Å². The van der Waals surface area contributed by atoms with Crippen LogP contribution in [0.15, 0.2) is 66.7 Å². The van der Waals surface area contributed by atoms with Crippen molar-refractivity contribution in [1.82, 2.24) is 0 Å².